The van der Waals surface area contributed by atoms with Crippen LogP contribution in [0.3, 0.4) is 0 Å². The number of nitrogens with zero attached hydrogens (tertiary/aromatic N) is 4. The number of aryl methyl sites for hydroxylation is 1. The van der Waals surface area contributed by atoms with Crippen molar-refractivity contribution < 1.29 is 4.79 Å². The van der Waals surface area contributed by atoms with Crippen LogP contribution in [0.2, 0.25) is 0 Å². The van der Waals surface area contributed by atoms with Crippen LogP contribution in [0.5, 0.6) is 0 Å². The molecule has 3 aromatic rings. The van der Waals surface area contributed by atoms with Crippen molar-refractivity contribution in [1.82, 2.24) is 19.4 Å². The van der Waals surface area contributed by atoms with E-state index in [4.69, 9.17) is 4.98 Å². The van der Waals surface area contributed by atoms with E-state index in [1.807, 2.05) is 6.07 Å². The number of likely N-dealkylation sites (tertiary alicyclic amines) is 1. The van der Waals surface area contributed by atoms with Crippen LogP contribution in [-0.4, -0.2) is 64.5 Å². The average molecular weight is 544 g/mol. The molecule has 0 unspecified atom stereocenters. The number of hydrogen-bond donors (Lipinski definition) is 1. The molecule has 0 bridgehead atoms. The summed E-state index contributed by atoms with van der Waals surface area (Å²) in [4.78, 5) is 23.7. The quantitative estimate of drug-likeness (QED) is 0.265. The number of nitrogens with one attached hydrogen (secondary N) is 1. The molecule has 1 aromatic heterocycles. The standard InChI is InChI=1S/C34H49N5O/c1-25(2)14-21-38(22-15-26(3)4)34(40)29-11-12-30-32(24-29)39(20-8-19-37-17-6-5-7-18-37)33(36-30)28-10-9-27-13-16-35-31(27)23-28/h9-12,23-26,35H,5-8,13-22H2,1-4H3. The van der Waals surface area contributed by atoms with Gasteiger partial charge < -0.3 is 19.7 Å². The maximum Gasteiger partial charge on any atom is 0.253 e. The van der Waals surface area contributed by atoms with E-state index in [9.17, 15) is 4.79 Å². The molecule has 0 radical (unpaired) electrons. The van der Waals surface area contributed by atoms with Crippen LogP contribution in [-0.2, 0) is 13.0 Å². The summed E-state index contributed by atoms with van der Waals surface area (Å²) in [7, 11) is 0. The molecule has 0 aliphatic carbocycles. The van der Waals surface area contributed by atoms with Gasteiger partial charge >= 0.3 is 0 Å². The number of hydrogen-bond acceptors (Lipinski definition) is 4. The zero-order valence-electron chi connectivity index (χ0n) is 25.2. The minimum absolute atomic E-state index is 0.146. The first-order valence-electron chi connectivity index (χ1n) is 15.8. The Morgan fingerprint density at radius 1 is 0.950 bits per heavy atom. The van der Waals surface area contributed by atoms with Gasteiger partial charge in [0.15, 0.2) is 0 Å². The van der Waals surface area contributed by atoms with Crippen molar-refractivity contribution in [3.63, 3.8) is 0 Å². The van der Waals surface area contributed by atoms with Crippen LogP contribution in [0.25, 0.3) is 22.4 Å². The molecule has 1 saturated heterocycles. The van der Waals surface area contributed by atoms with Gasteiger partial charge in [-0.05, 0) is 99.8 Å². The first-order chi connectivity index (χ1) is 19.4. The smallest absolute Gasteiger partial charge is 0.253 e. The lowest BCUT2D eigenvalue weighted by atomic mass is 10.1. The third kappa shape index (κ3) is 6.88. The fourth-order valence-electron chi connectivity index (χ4n) is 6.09. The van der Waals surface area contributed by atoms with Crippen LogP contribution < -0.4 is 5.32 Å². The minimum Gasteiger partial charge on any atom is -0.384 e. The van der Waals surface area contributed by atoms with Gasteiger partial charge in [-0.1, -0.05) is 46.2 Å². The molecular formula is C34H49N5O. The second kappa shape index (κ2) is 13.2. The van der Waals surface area contributed by atoms with Gasteiger partial charge in [0.05, 0.1) is 11.0 Å². The second-order valence-corrected chi connectivity index (χ2v) is 12.8. The molecule has 1 N–H and O–H groups in total. The molecule has 6 nitrogen and oxygen atoms in total. The van der Waals surface area contributed by atoms with Gasteiger partial charge in [-0.25, -0.2) is 4.98 Å². The number of imidazole rings is 1. The number of piperidine rings is 1. The van der Waals surface area contributed by atoms with Gasteiger partial charge in [0.2, 0.25) is 0 Å². The molecule has 0 saturated carbocycles. The van der Waals surface area contributed by atoms with Crippen LogP contribution in [0.1, 0.15) is 82.1 Å². The number of benzene rings is 2. The van der Waals surface area contributed by atoms with Crippen LogP contribution in [0.4, 0.5) is 5.69 Å². The predicted molar refractivity (Wildman–Crippen MR) is 167 cm³/mol. The molecule has 5 rings (SSSR count). The zero-order chi connectivity index (χ0) is 28.1. The van der Waals surface area contributed by atoms with Crippen molar-refractivity contribution in [3.05, 3.63) is 47.5 Å². The predicted octanol–water partition coefficient (Wildman–Crippen LogP) is 7.08. The van der Waals surface area contributed by atoms with Crippen molar-refractivity contribution in [1.29, 1.82) is 0 Å². The summed E-state index contributed by atoms with van der Waals surface area (Å²) >= 11 is 0. The van der Waals surface area contributed by atoms with Gasteiger partial charge in [-0.15, -0.1) is 0 Å². The normalized spacial score (nSPS) is 15.7. The van der Waals surface area contributed by atoms with E-state index < -0.39 is 0 Å². The Hall–Kier alpha value is -2.86. The molecule has 0 spiro atoms. The molecule has 1 fully saturated rings. The summed E-state index contributed by atoms with van der Waals surface area (Å²) in [5, 5.41) is 3.53. The Labute approximate surface area is 241 Å². The largest absolute Gasteiger partial charge is 0.384 e. The van der Waals surface area contributed by atoms with E-state index in [0.29, 0.717) is 11.8 Å². The highest BCUT2D eigenvalue weighted by molar-refractivity contribution is 5.98. The number of rotatable bonds is 12. The maximum absolute atomic E-state index is 13.8. The lowest BCUT2D eigenvalue weighted by Gasteiger charge is -2.26. The van der Waals surface area contributed by atoms with Crippen LogP contribution in [0, 0.1) is 11.8 Å². The number of carbonyl (C=O) groups is 1. The summed E-state index contributed by atoms with van der Waals surface area (Å²) in [5.74, 6) is 2.30. The SMILES string of the molecule is CC(C)CCN(CCC(C)C)C(=O)c1ccc2nc(-c3ccc4c(c3)NCC4)n(CCCN3CCCCC3)c2c1. The first-order valence-corrected chi connectivity index (χ1v) is 15.8. The number of carbonyl (C=O) groups excluding carboxylic acids is 1. The molecule has 1 amide bonds. The van der Waals surface area contributed by atoms with Gasteiger partial charge in [0.1, 0.15) is 5.82 Å². The van der Waals surface area contributed by atoms with Gasteiger partial charge in [-0.3, -0.25) is 4.79 Å². The van der Waals surface area contributed by atoms with Gasteiger partial charge in [0, 0.05) is 43.0 Å². The Bertz CT molecular complexity index is 1270. The molecule has 2 aliphatic rings. The fraction of sp³-hybridized carbons (Fsp3) is 0.588. The van der Waals surface area contributed by atoms with Crippen molar-refractivity contribution >= 4 is 22.6 Å². The summed E-state index contributed by atoms with van der Waals surface area (Å²) in [6.07, 6.45) is 8.20. The van der Waals surface area contributed by atoms with E-state index in [1.165, 1.54) is 43.6 Å². The molecule has 2 aromatic carbocycles. The number of aromatic nitrogens is 2. The molecule has 2 aliphatic heterocycles. The van der Waals surface area contributed by atoms with E-state index in [-0.39, 0.29) is 5.91 Å². The number of anilines is 1. The van der Waals surface area contributed by atoms with Crippen molar-refractivity contribution in [2.24, 2.45) is 11.8 Å². The van der Waals surface area contributed by atoms with E-state index in [1.54, 1.807) is 0 Å². The van der Waals surface area contributed by atoms with E-state index in [2.05, 4.69) is 77.7 Å². The highest BCUT2D eigenvalue weighted by Gasteiger charge is 2.21. The van der Waals surface area contributed by atoms with E-state index >= 15 is 0 Å². The first kappa shape index (κ1) is 28.7. The summed E-state index contributed by atoms with van der Waals surface area (Å²) in [6.45, 7) is 16.0. The summed E-state index contributed by atoms with van der Waals surface area (Å²) < 4.78 is 2.37. The Morgan fingerprint density at radius 2 is 1.70 bits per heavy atom. The fourth-order valence-corrected chi connectivity index (χ4v) is 6.09. The average Bonchev–Trinajstić information content (AvgIpc) is 3.57. The third-order valence-electron chi connectivity index (χ3n) is 8.62. The number of fused-ring (bicyclic) bond motifs is 2. The van der Waals surface area contributed by atoms with Crippen LogP contribution in [0.15, 0.2) is 36.4 Å². The van der Waals surface area contributed by atoms with Crippen LogP contribution >= 0.6 is 0 Å². The lowest BCUT2D eigenvalue weighted by Crippen LogP contribution is -2.34. The second-order valence-electron chi connectivity index (χ2n) is 12.8. The van der Waals surface area contributed by atoms with Gasteiger partial charge in [0.25, 0.3) is 5.91 Å². The van der Waals surface area contributed by atoms with Gasteiger partial charge in [-0.2, -0.15) is 0 Å². The minimum atomic E-state index is 0.146. The molecule has 216 valence electrons. The third-order valence-corrected chi connectivity index (χ3v) is 8.62. The molecule has 40 heavy (non-hydrogen) atoms. The Balaban J connectivity index is 1.46. The van der Waals surface area contributed by atoms with E-state index in [0.717, 1.165) is 86.4 Å². The molecule has 6 heteroatoms. The summed E-state index contributed by atoms with van der Waals surface area (Å²) in [5.41, 5.74) is 6.57. The number of amides is 1. The van der Waals surface area contributed by atoms with Crippen molar-refractivity contribution in [3.8, 4) is 11.4 Å². The molecule has 0 atom stereocenters. The highest BCUT2D eigenvalue weighted by Crippen LogP contribution is 2.31. The Morgan fingerprint density at radius 3 is 2.42 bits per heavy atom. The topological polar surface area (TPSA) is 53.4 Å². The molecule has 3 heterocycles. The Kier molecular flexibility index (Phi) is 9.46. The summed E-state index contributed by atoms with van der Waals surface area (Å²) in [6, 6.07) is 12.9. The van der Waals surface area contributed by atoms with Crippen molar-refractivity contribution in [2.45, 2.75) is 79.2 Å². The molecular weight excluding hydrogens is 494 g/mol. The van der Waals surface area contributed by atoms with Crippen molar-refractivity contribution in [2.75, 3.05) is 44.6 Å². The maximum atomic E-state index is 13.8. The monoisotopic (exact) mass is 543 g/mol. The highest BCUT2D eigenvalue weighted by atomic mass is 16.2. The lowest BCUT2D eigenvalue weighted by molar-refractivity contribution is 0.0741. The zero-order valence-corrected chi connectivity index (χ0v) is 25.2.